The van der Waals surface area contributed by atoms with Crippen LogP contribution in [0.25, 0.3) is 0 Å². The van der Waals surface area contributed by atoms with E-state index in [1.54, 1.807) is 12.1 Å². The van der Waals surface area contributed by atoms with Crippen molar-refractivity contribution in [3.63, 3.8) is 0 Å². The summed E-state index contributed by atoms with van der Waals surface area (Å²) in [5.74, 6) is 0.102. The van der Waals surface area contributed by atoms with Crippen molar-refractivity contribution in [1.82, 2.24) is 0 Å². The first-order valence-electron chi connectivity index (χ1n) is 9.90. The first-order valence-corrected chi connectivity index (χ1v) is 9.90. The number of nitrogens with one attached hydrogen (secondary N) is 2. The lowest BCUT2D eigenvalue weighted by atomic mass is 9.76. The van der Waals surface area contributed by atoms with Crippen LogP contribution < -0.4 is 10.6 Å². The van der Waals surface area contributed by atoms with Crippen LogP contribution in [0.15, 0.2) is 90.6 Å². The van der Waals surface area contributed by atoms with Crippen molar-refractivity contribution < 1.29 is 9.90 Å². The van der Waals surface area contributed by atoms with Crippen LogP contribution in [0.5, 0.6) is 5.75 Å². The minimum absolute atomic E-state index is 0.0533. The molecule has 0 amide bonds. The number of aromatic hydroxyl groups is 1. The fourth-order valence-electron chi connectivity index (χ4n) is 4.41. The molecule has 1 aliphatic heterocycles. The number of phenolic OH excluding ortho intramolecular Hbond substituents is 1. The summed E-state index contributed by atoms with van der Waals surface area (Å²) in [7, 11) is 0. The Bertz CT molecular complexity index is 1090. The summed E-state index contributed by atoms with van der Waals surface area (Å²) in [4.78, 5) is 13.4. The normalized spacial score (nSPS) is 23.0. The smallest absolute Gasteiger partial charge is 0.145 e. The predicted octanol–water partition coefficient (Wildman–Crippen LogP) is 5.23. The van der Waals surface area contributed by atoms with Gasteiger partial charge in [-0.1, -0.05) is 60.7 Å². The summed E-state index contributed by atoms with van der Waals surface area (Å²) in [6.07, 6.45) is 2.66. The molecule has 3 atom stereocenters. The van der Waals surface area contributed by atoms with Crippen molar-refractivity contribution in [3.8, 4) is 5.75 Å². The number of ketones is 1. The maximum Gasteiger partial charge on any atom is 0.145 e. The van der Waals surface area contributed by atoms with Gasteiger partial charge >= 0.3 is 0 Å². The largest absolute Gasteiger partial charge is 0.508 e. The fourth-order valence-corrected chi connectivity index (χ4v) is 4.41. The van der Waals surface area contributed by atoms with E-state index in [0.29, 0.717) is 6.42 Å². The topological polar surface area (TPSA) is 61.4 Å². The van der Waals surface area contributed by atoms with Gasteiger partial charge in [0.25, 0.3) is 0 Å². The molecule has 3 unspecified atom stereocenters. The summed E-state index contributed by atoms with van der Waals surface area (Å²) in [5.41, 5.74) is 4.85. The quantitative estimate of drug-likeness (QED) is 0.568. The molecule has 4 nitrogen and oxygen atoms in total. The molecule has 0 spiro atoms. The average Bonchev–Trinajstić information content (AvgIpc) is 2.91. The first kappa shape index (κ1) is 17.6. The lowest BCUT2D eigenvalue weighted by molar-refractivity contribution is -0.122. The monoisotopic (exact) mass is 382 g/mol. The fraction of sp³-hybridized carbons (Fsp3) is 0.160. The third-order valence-corrected chi connectivity index (χ3v) is 5.79. The van der Waals surface area contributed by atoms with Crippen LogP contribution in [0.4, 0.5) is 11.4 Å². The van der Waals surface area contributed by atoms with Gasteiger partial charge in [-0.2, -0.15) is 0 Å². The van der Waals surface area contributed by atoms with Crippen molar-refractivity contribution in [1.29, 1.82) is 0 Å². The number of phenols is 1. The molecule has 0 fully saturated rings. The van der Waals surface area contributed by atoms with Crippen LogP contribution in [-0.4, -0.2) is 10.9 Å². The van der Waals surface area contributed by atoms with Gasteiger partial charge in [-0.05, 0) is 35.4 Å². The van der Waals surface area contributed by atoms with Gasteiger partial charge < -0.3 is 15.7 Å². The second kappa shape index (κ2) is 7.13. The van der Waals surface area contributed by atoms with E-state index >= 15 is 0 Å². The Morgan fingerprint density at radius 2 is 1.55 bits per heavy atom. The van der Waals surface area contributed by atoms with Crippen molar-refractivity contribution in [2.24, 2.45) is 5.92 Å². The number of para-hydroxylation sites is 2. The Hall–Kier alpha value is -3.53. The van der Waals surface area contributed by atoms with E-state index in [1.165, 1.54) is 0 Å². The zero-order valence-electron chi connectivity index (χ0n) is 15.9. The van der Waals surface area contributed by atoms with Gasteiger partial charge in [0.05, 0.1) is 23.3 Å². The van der Waals surface area contributed by atoms with Gasteiger partial charge in [0.15, 0.2) is 0 Å². The molecule has 0 saturated carbocycles. The summed E-state index contributed by atoms with van der Waals surface area (Å²) < 4.78 is 0. The zero-order chi connectivity index (χ0) is 19.8. The number of carbonyl (C=O) groups is 1. The zero-order valence-corrected chi connectivity index (χ0v) is 15.9. The third kappa shape index (κ3) is 3.27. The van der Waals surface area contributed by atoms with E-state index in [1.807, 2.05) is 54.6 Å². The Morgan fingerprint density at radius 3 is 2.34 bits per heavy atom. The minimum Gasteiger partial charge on any atom is -0.508 e. The second-order valence-electron chi connectivity index (χ2n) is 7.67. The number of hydrogen-bond acceptors (Lipinski definition) is 4. The molecule has 0 radical (unpaired) electrons. The van der Waals surface area contributed by atoms with Crippen LogP contribution in [0.2, 0.25) is 0 Å². The molecule has 144 valence electrons. The van der Waals surface area contributed by atoms with Crippen LogP contribution >= 0.6 is 0 Å². The third-order valence-electron chi connectivity index (χ3n) is 5.79. The maximum absolute atomic E-state index is 13.4. The number of benzene rings is 3. The van der Waals surface area contributed by atoms with Gasteiger partial charge in [0.1, 0.15) is 11.5 Å². The number of hydrogen-bond donors (Lipinski definition) is 3. The predicted molar refractivity (Wildman–Crippen MR) is 115 cm³/mol. The molecular weight excluding hydrogens is 360 g/mol. The Morgan fingerprint density at radius 1 is 0.828 bits per heavy atom. The Balaban J connectivity index is 1.64. The highest BCUT2D eigenvalue weighted by atomic mass is 16.3. The number of allylic oxidation sites excluding steroid dienone is 1. The molecule has 5 rings (SSSR count). The van der Waals surface area contributed by atoms with E-state index in [0.717, 1.165) is 28.2 Å². The molecular formula is C25H22N2O2. The van der Waals surface area contributed by atoms with E-state index in [-0.39, 0.29) is 29.4 Å². The molecule has 0 saturated heterocycles. The summed E-state index contributed by atoms with van der Waals surface area (Å²) in [6.45, 7) is 0. The SMILES string of the molecule is O=C1CC(c2ccccc2)C=C2Nc3ccccc3NC(c3cccc(O)c3)C12. The highest BCUT2D eigenvalue weighted by molar-refractivity contribution is 5.90. The highest BCUT2D eigenvalue weighted by Crippen LogP contribution is 2.44. The van der Waals surface area contributed by atoms with Gasteiger partial charge in [0, 0.05) is 18.0 Å². The molecule has 0 aromatic heterocycles. The molecule has 3 aromatic carbocycles. The first-order chi connectivity index (χ1) is 14.2. The van der Waals surface area contributed by atoms with Crippen LogP contribution in [0, 0.1) is 5.92 Å². The van der Waals surface area contributed by atoms with Crippen molar-refractivity contribution in [2.75, 3.05) is 10.6 Å². The van der Waals surface area contributed by atoms with E-state index in [4.69, 9.17) is 0 Å². The van der Waals surface area contributed by atoms with E-state index in [2.05, 4.69) is 28.8 Å². The average molecular weight is 382 g/mol. The van der Waals surface area contributed by atoms with Crippen molar-refractivity contribution in [3.05, 3.63) is 102 Å². The number of carbonyl (C=O) groups excluding carboxylic acids is 1. The maximum atomic E-state index is 13.4. The molecule has 3 N–H and O–H groups in total. The standard InChI is InChI=1S/C25H22N2O2/c28-19-10-6-9-17(13-19)25-24-22(26-20-11-4-5-12-21(20)27-25)14-18(15-23(24)29)16-7-2-1-3-8-16/h1-14,18,24-28H,15H2. The lowest BCUT2D eigenvalue weighted by Crippen LogP contribution is -2.33. The molecule has 29 heavy (non-hydrogen) atoms. The molecule has 3 aromatic rings. The lowest BCUT2D eigenvalue weighted by Gasteiger charge is -2.32. The van der Waals surface area contributed by atoms with Crippen molar-refractivity contribution in [2.45, 2.75) is 18.4 Å². The van der Waals surface area contributed by atoms with E-state index in [9.17, 15) is 9.90 Å². The number of rotatable bonds is 2. The molecule has 1 heterocycles. The minimum atomic E-state index is -0.343. The van der Waals surface area contributed by atoms with Crippen LogP contribution in [0.1, 0.15) is 29.5 Å². The Labute approximate surface area is 169 Å². The van der Waals surface area contributed by atoms with Gasteiger partial charge in [-0.25, -0.2) is 0 Å². The van der Waals surface area contributed by atoms with E-state index < -0.39 is 0 Å². The molecule has 2 aliphatic rings. The molecule has 1 aliphatic carbocycles. The van der Waals surface area contributed by atoms with Crippen LogP contribution in [-0.2, 0) is 4.79 Å². The summed E-state index contributed by atoms with van der Waals surface area (Å²) in [6, 6.07) is 25.1. The summed E-state index contributed by atoms with van der Waals surface area (Å²) in [5, 5.41) is 17.1. The molecule has 0 bridgehead atoms. The highest BCUT2D eigenvalue weighted by Gasteiger charge is 2.39. The van der Waals surface area contributed by atoms with Gasteiger partial charge in [-0.3, -0.25) is 4.79 Å². The van der Waals surface area contributed by atoms with Gasteiger partial charge in [-0.15, -0.1) is 0 Å². The summed E-state index contributed by atoms with van der Waals surface area (Å²) >= 11 is 0. The number of Topliss-reactive ketones (excluding diaryl/α,β-unsaturated/α-hetero) is 1. The number of fused-ring (bicyclic) bond motifs is 2. The Kier molecular flexibility index (Phi) is 4.32. The number of anilines is 2. The van der Waals surface area contributed by atoms with Crippen LogP contribution in [0.3, 0.4) is 0 Å². The molecule has 4 heteroatoms. The van der Waals surface area contributed by atoms with Gasteiger partial charge in [0.2, 0.25) is 0 Å². The second-order valence-corrected chi connectivity index (χ2v) is 7.67. The van der Waals surface area contributed by atoms with Crippen molar-refractivity contribution >= 4 is 17.2 Å².